The van der Waals surface area contributed by atoms with E-state index in [4.69, 9.17) is 0 Å². The van der Waals surface area contributed by atoms with Crippen molar-refractivity contribution in [2.75, 3.05) is 5.32 Å². The number of amides is 1. The van der Waals surface area contributed by atoms with Crippen molar-refractivity contribution < 1.29 is 14.7 Å². The van der Waals surface area contributed by atoms with Crippen LogP contribution in [0.4, 0.5) is 5.69 Å². The molecule has 2 N–H and O–H groups in total. The van der Waals surface area contributed by atoms with Gasteiger partial charge in [0.1, 0.15) is 4.75 Å². The first-order valence-corrected chi connectivity index (χ1v) is 7.64. The minimum atomic E-state index is -0.954. The summed E-state index contributed by atoms with van der Waals surface area (Å²) in [6.07, 6.45) is 0.411. The number of carbonyl (C=O) groups excluding carboxylic acids is 1. The fourth-order valence-corrected chi connectivity index (χ4v) is 2.67. The smallest absolute Gasteiger partial charge is 0.319 e. The first kappa shape index (κ1) is 17.6. The Bertz CT molecular complexity index is 533. The molecule has 0 aliphatic heterocycles. The first-order valence-electron chi connectivity index (χ1n) is 6.82. The van der Waals surface area contributed by atoms with Gasteiger partial charge < -0.3 is 10.4 Å². The molecule has 116 valence electrons. The molecule has 0 heterocycles. The van der Waals surface area contributed by atoms with E-state index >= 15 is 0 Å². The van der Waals surface area contributed by atoms with Crippen molar-refractivity contribution in [1.29, 1.82) is 0 Å². The second-order valence-corrected chi connectivity index (χ2v) is 8.36. The topological polar surface area (TPSA) is 66.4 Å². The normalized spacial score (nSPS) is 12.0. The zero-order chi connectivity index (χ0) is 16.3. The lowest BCUT2D eigenvalue weighted by atomic mass is 9.92. The number of carboxylic acid groups (broad SMARTS) is 1. The molecule has 0 unspecified atom stereocenters. The average Bonchev–Trinajstić information content (AvgIpc) is 2.28. The molecule has 5 heteroatoms. The van der Waals surface area contributed by atoms with Crippen molar-refractivity contribution in [3.8, 4) is 0 Å². The van der Waals surface area contributed by atoms with Crippen LogP contribution in [-0.4, -0.2) is 21.7 Å². The molecule has 1 amide bonds. The van der Waals surface area contributed by atoms with Crippen LogP contribution in [0.1, 0.15) is 41.0 Å². The summed E-state index contributed by atoms with van der Waals surface area (Å²) in [5.41, 5.74) is 0.568. The van der Waals surface area contributed by atoms with Crippen LogP contribution in [0.3, 0.4) is 0 Å². The van der Waals surface area contributed by atoms with Gasteiger partial charge in [0.05, 0.1) is 5.69 Å². The third-order valence-corrected chi connectivity index (χ3v) is 3.99. The quantitative estimate of drug-likeness (QED) is 0.806. The van der Waals surface area contributed by atoms with E-state index in [1.807, 2.05) is 39.0 Å². The molecular weight excluding hydrogens is 286 g/mol. The van der Waals surface area contributed by atoms with Gasteiger partial charge in [-0.25, -0.2) is 0 Å². The Morgan fingerprint density at radius 1 is 1.14 bits per heavy atom. The van der Waals surface area contributed by atoms with Crippen LogP contribution >= 0.6 is 11.8 Å². The van der Waals surface area contributed by atoms with Crippen molar-refractivity contribution in [3.05, 3.63) is 24.3 Å². The van der Waals surface area contributed by atoms with Crippen molar-refractivity contribution in [1.82, 2.24) is 0 Å². The Morgan fingerprint density at radius 2 is 1.71 bits per heavy atom. The Hall–Kier alpha value is -1.49. The number of nitrogens with one attached hydrogen (secondary N) is 1. The predicted octanol–water partition coefficient (Wildman–Crippen LogP) is 4.02. The van der Waals surface area contributed by atoms with Crippen molar-refractivity contribution in [2.24, 2.45) is 5.41 Å². The summed E-state index contributed by atoms with van der Waals surface area (Å²) in [6.45, 7) is 9.30. The summed E-state index contributed by atoms with van der Waals surface area (Å²) < 4.78 is -0.954. The van der Waals surface area contributed by atoms with Gasteiger partial charge in [-0.15, -0.1) is 11.8 Å². The van der Waals surface area contributed by atoms with Crippen LogP contribution in [0.2, 0.25) is 0 Å². The van der Waals surface area contributed by atoms with Crippen LogP contribution < -0.4 is 5.32 Å². The minimum absolute atomic E-state index is 0.0660. The molecule has 0 saturated heterocycles. The van der Waals surface area contributed by atoms with Gasteiger partial charge in [-0.3, -0.25) is 9.59 Å². The van der Waals surface area contributed by atoms with Crippen LogP contribution in [0.5, 0.6) is 0 Å². The van der Waals surface area contributed by atoms with E-state index in [0.29, 0.717) is 12.1 Å². The molecule has 1 aromatic carbocycles. The summed E-state index contributed by atoms with van der Waals surface area (Å²) in [5.74, 6) is -0.952. The molecule has 0 aromatic heterocycles. The second-order valence-electron chi connectivity index (χ2n) is 6.70. The lowest BCUT2D eigenvalue weighted by Gasteiger charge is -2.21. The summed E-state index contributed by atoms with van der Waals surface area (Å²) in [4.78, 5) is 24.0. The fourth-order valence-electron chi connectivity index (χ4n) is 1.65. The van der Waals surface area contributed by atoms with E-state index in [1.165, 1.54) is 11.8 Å². The molecule has 0 aliphatic rings. The van der Waals surface area contributed by atoms with E-state index in [2.05, 4.69) is 5.32 Å². The lowest BCUT2D eigenvalue weighted by molar-refractivity contribution is -0.138. The van der Waals surface area contributed by atoms with Gasteiger partial charge in [-0.1, -0.05) is 32.9 Å². The summed E-state index contributed by atoms with van der Waals surface area (Å²) in [7, 11) is 0. The van der Waals surface area contributed by atoms with Gasteiger partial charge >= 0.3 is 5.97 Å². The number of thioether (sulfide) groups is 1. The molecule has 0 aliphatic carbocycles. The molecule has 0 spiro atoms. The average molecular weight is 309 g/mol. The standard InChI is InChI=1S/C16H23NO3S/c1-15(2,3)10-13(18)17-11-8-6-7-9-12(11)21-16(4,5)14(19)20/h6-9H,10H2,1-5H3,(H,17,18)(H,19,20). The number of rotatable bonds is 5. The Morgan fingerprint density at radius 3 is 2.24 bits per heavy atom. The highest BCUT2D eigenvalue weighted by Crippen LogP contribution is 2.37. The van der Waals surface area contributed by atoms with Gasteiger partial charge in [0.2, 0.25) is 5.91 Å². The second kappa shape index (κ2) is 6.52. The van der Waals surface area contributed by atoms with Gasteiger partial charge in [-0.05, 0) is 31.4 Å². The highest BCUT2D eigenvalue weighted by Gasteiger charge is 2.29. The minimum Gasteiger partial charge on any atom is -0.480 e. The Kier molecular flexibility index (Phi) is 5.45. The van der Waals surface area contributed by atoms with Crippen molar-refractivity contribution in [3.63, 3.8) is 0 Å². The number of carbonyl (C=O) groups is 2. The van der Waals surface area contributed by atoms with Crippen LogP contribution in [0.15, 0.2) is 29.2 Å². The highest BCUT2D eigenvalue weighted by molar-refractivity contribution is 8.01. The molecule has 21 heavy (non-hydrogen) atoms. The van der Waals surface area contributed by atoms with Crippen LogP contribution in [-0.2, 0) is 9.59 Å². The molecule has 0 bridgehead atoms. The molecule has 1 rings (SSSR count). The summed E-state index contributed by atoms with van der Waals surface area (Å²) in [6, 6.07) is 7.27. The molecule has 0 atom stereocenters. The van der Waals surface area contributed by atoms with Crippen LogP contribution in [0, 0.1) is 5.41 Å². The lowest BCUT2D eigenvalue weighted by Crippen LogP contribution is -2.27. The third kappa shape index (κ3) is 5.79. The maximum atomic E-state index is 12.0. The van der Waals surface area contributed by atoms with Gasteiger partial charge in [0.15, 0.2) is 0 Å². The molecule has 0 radical (unpaired) electrons. The number of benzene rings is 1. The molecule has 1 aromatic rings. The number of carboxylic acids is 1. The van der Waals surface area contributed by atoms with Crippen LogP contribution in [0.25, 0.3) is 0 Å². The van der Waals surface area contributed by atoms with E-state index in [0.717, 1.165) is 4.90 Å². The van der Waals surface area contributed by atoms with Crippen molar-refractivity contribution in [2.45, 2.75) is 50.7 Å². The SMILES string of the molecule is CC(C)(C)CC(=O)Nc1ccccc1SC(C)(C)C(=O)O. The summed E-state index contributed by atoms with van der Waals surface area (Å²) in [5, 5.41) is 12.1. The molecule has 0 saturated carbocycles. The maximum absolute atomic E-state index is 12.0. The zero-order valence-corrected chi connectivity index (χ0v) is 14.0. The largest absolute Gasteiger partial charge is 0.480 e. The fraction of sp³-hybridized carbons (Fsp3) is 0.500. The van der Waals surface area contributed by atoms with E-state index in [1.54, 1.807) is 19.9 Å². The molecule has 0 fully saturated rings. The van der Waals surface area contributed by atoms with E-state index < -0.39 is 10.7 Å². The first-order chi connectivity index (χ1) is 9.51. The van der Waals surface area contributed by atoms with E-state index in [-0.39, 0.29) is 11.3 Å². The zero-order valence-electron chi connectivity index (χ0n) is 13.2. The van der Waals surface area contributed by atoms with Gasteiger partial charge in [0.25, 0.3) is 0 Å². The maximum Gasteiger partial charge on any atom is 0.319 e. The number of aliphatic carboxylic acids is 1. The van der Waals surface area contributed by atoms with Gasteiger partial charge in [0, 0.05) is 11.3 Å². The summed E-state index contributed by atoms with van der Waals surface area (Å²) >= 11 is 1.23. The highest BCUT2D eigenvalue weighted by atomic mass is 32.2. The van der Waals surface area contributed by atoms with E-state index in [9.17, 15) is 14.7 Å². The Labute approximate surface area is 130 Å². The number of hydrogen-bond acceptors (Lipinski definition) is 3. The number of hydrogen-bond donors (Lipinski definition) is 2. The molecular formula is C16H23NO3S. The number of para-hydroxylation sites is 1. The predicted molar refractivity (Wildman–Crippen MR) is 86.7 cm³/mol. The third-order valence-electron chi connectivity index (χ3n) is 2.73. The van der Waals surface area contributed by atoms with Crippen molar-refractivity contribution >= 4 is 29.3 Å². The number of anilines is 1. The van der Waals surface area contributed by atoms with Gasteiger partial charge in [-0.2, -0.15) is 0 Å². The Balaban J connectivity index is 2.90. The molecule has 4 nitrogen and oxygen atoms in total. The monoisotopic (exact) mass is 309 g/mol.